The zero-order valence-corrected chi connectivity index (χ0v) is 6.25. The third kappa shape index (κ3) is 1.76. The Labute approximate surface area is 60.8 Å². The van der Waals surface area contributed by atoms with E-state index in [4.69, 9.17) is 5.84 Å². The molecule has 1 heterocycles. The zero-order chi connectivity index (χ0) is 7.40. The van der Waals surface area contributed by atoms with Gasteiger partial charge in [0.15, 0.2) is 0 Å². The van der Waals surface area contributed by atoms with Gasteiger partial charge in [-0.25, -0.2) is 0 Å². The van der Waals surface area contributed by atoms with Crippen LogP contribution in [0.5, 0.6) is 0 Å². The molecule has 0 saturated heterocycles. The minimum absolute atomic E-state index is 1.09. The highest BCUT2D eigenvalue weighted by Gasteiger charge is 1.93. The number of hydrogen-bond acceptors (Lipinski definition) is 2. The molecule has 0 unspecified atom stereocenters. The van der Waals surface area contributed by atoms with Crippen LogP contribution in [0.2, 0.25) is 0 Å². The number of unbranched alkanes of at least 4 members (excludes halogenated alkanes) is 1. The predicted octanol–water partition coefficient (Wildman–Crippen LogP) is 0.940. The molecule has 0 saturated carbocycles. The monoisotopic (exact) mass is 139 g/mol. The molecule has 0 aliphatic carbocycles. The maximum absolute atomic E-state index is 5.36. The number of nitrogen functional groups attached to an aromatic ring is 1. The molecule has 3 heteroatoms. The molecule has 0 fully saturated rings. The van der Waals surface area contributed by atoms with Crippen LogP contribution >= 0.6 is 0 Å². The van der Waals surface area contributed by atoms with E-state index in [1.54, 1.807) is 0 Å². The lowest BCUT2D eigenvalue weighted by Gasteiger charge is -1.90. The molecule has 0 atom stereocenters. The van der Waals surface area contributed by atoms with Gasteiger partial charge in [0.2, 0.25) is 0 Å². The summed E-state index contributed by atoms with van der Waals surface area (Å²) >= 11 is 0. The number of nitrogens with two attached hydrogens (primary N) is 1. The Kier molecular flexibility index (Phi) is 2.31. The van der Waals surface area contributed by atoms with E-state index < -0.39 is 0 Å². The minimum atomic E-state index is 1.09. The van der Waals surface area contributed by atoms with Gasteiger partial charge in [-0.3, -0.25) is 0 Å². The molecule has 0 aliphatic heterocycles. The zero-order valence-electron chi connectivity index (χ0n) is 6.25. The van der Waals surface area contributed by atoms with Gasteiger partial charge in [-0.1, -0.05) is 13.3 Å². The molecule has 56 valence electrons. The molecule has 10 heavy (non-hydrogen) atoms. The van der Waals surface area contributed by atoms with Crippen molar-refractivity contribution in [2.24, 2.45) is 0 Å². The van der Waals surface area contributed by atoms with Crippen LogP contribution in [-0.2, 0) is 6.42 Å². The number of hydrogen-bond donors (Lipinski definition) is 1. The maximum atomic E-state index is 5.36. The van der Waals surface area contributed by atoms with Crippen LogP contribution in [0.25, 0.3) is 0 Å². The van der Waals surface area contributed by atoms with Gasteiger partial charge in [-0.05, 0) is 18.4 Å². The minimum Gasteiger partial charge on any atom is -0.323 e. The van der Waals surface area contributed by atoms with E-state index >= 15 is 0 Å². The normalized spacial score (nSPS) is 10.1. The molecule has 3 nitrogen and oxygen atoms in total. The molecule has 0 aliphatic rings. The van der Waals surface area contributed by atoms with Gasteiger partial charge in [-0.15, -0.1) is 0 Å². The van der Waals surface area contributed by atoms with Crippen molar-refractivity contribution >= 4 is 0 Å². The van der Waals surface area contributed by atoms with Crippen LogP contribution in [0.3, 0.4) is 0 Å². The second kappa shape index (κ2) is 3.25. The van der Waals surface area contributed by atoms with E-state index in [1.165, 1.54) is 23.2 Å². The van der Waals surface area contributed by atoms with E-state index in [2.05, 4.69) is 12.0 Å². The lowest BCUT2D eigenvalue weighted by molar-refractivity contribution is 0.792. The van der Waals surface area contributed by atoms with E-state index in [0.29, 0.717) is 0 Å². The van der Waals surface area contributed by atoms with Crippen LogP contribution in [0.1, 0.15) is 25.3 Å². The highest BCUT2D eigenvalue weighted by Crippen LogP contribution is 2.01. The Morgan fingerprint density at radius 3 is 3.00 bits per heavy atom. The van der Waals surface area contributed by atoms with E-state index in [1.807, 2.05) is 12.4 Å². The average Bonchev–Trinajstić information content (AvgIpc) is 2.31. The quantitative estimate of drug-likeness (QED) is 0.633. The average molecular weight is 139 g/mol. The fourth-order valence-electron chi connectivity index (χ4n) is 0.887. The molecule has 2 N–H and O–H groups in total. The number of aryl methyl sites for hydroxylation is 1. The SMILES string of the molecule is CCCCc1cnn(N)c1. The first kappa shape index (κ1) is 7.12. The van der Waals surface area contributed by atoms with Gasteiger partial charge in [0, 0.05) is 0 Å². The standard InChI is InChI=1S/C7H13N3/c1-2-3-4-7-5-9-10(8)6-7/h5-6H,2-4,8H2,1H3. The van der Waals surface area contributed by atoms with Gasteiger partial charge in [0.1, 0.15) is 0 Å². The van der Waals surface area contributed by atoms with Crippen molar-refractivity contribution in [3.63, 3.8) is 0 Å². The highest BCUT2D eigenvalue weighted by atomic mass is 15.5. The molecule has 0 radical (unpaired) electrons. The van der Waals surface area contributed by atoms with Crippen molar-refractivity contribution in [3.05, 3.63) is 18.0 Å². The van der Waals surface area contributed by atoms with Crippen LogP contribution < -0.4 is 5.84 Å². The summed E-state index contributed by atoms with van der Waals surface area (Å²) in [6, 6.07) is 0. The van der Waals surface area contributed by atoms with Crippen molar-refractivity contribution in [3.8, 4) is 0 Å². The fourth-order valence-corrected chi connectivity index (χ4v) is 0.887. The summed E-state index contributed by atoms with van der Waals surface area (Å²) < 4.78 is 0. The lowest BCUT2D eigenvalue weighted by atomic mass is 10.2. The van der Waals surface area contributed by atoms with Gasteiger partial charge in [0.25, 0.3) is 0 Å². The Bertz CT molecular complexity index is 192. The van der Waals surface area contributed by atoms with Crippen LogP contribution in [0, 0.1) is 0 Å². The second-order valence-electron chi connectivity index (χ2n) is 2.43. The van der Waals surface area contributed by atoms with Gasteiger partial charge >= 0.3 is 0 Å². The smallest absolute Gasteiger partial charge is 0.0542 e. The molecule has 0 amide bonds. The third-order valence-electron chi connectivity index (χ3n) is 1.47. The van der Waals surface area contributed by atoms with Crippen molar-refractivity contribution in [2.75, 3.05) is 5.84 Å². The summed E-state index contributed by atoms with van der Waals surface area (Å²) in [5.74, 6) is 5.36. The molecule has 0 bridgehead atoms. The Balaban J connectivity index is 2.42. The number of nitrogens with zero attached hydrogens (tertiary/aromatic N) is 2. The first-order valence-corrected chi connectivity index (χ1v) is 3.61. The second-order valence-corrected chi connectivity index (χ2v) is 2.43. The summed E-state index contributed by atoms with van der Waals surface area (Å²) in [6.45, 7) is 2.17. The highest BCUT2D eigenvalue weighted by molar-refractivity contribution is 5.03. The third-order valence-corrected chi connectivity index (χ3v) is 1.47. The van der Waals surface area contributed by atoms with Gasteiger partial charge < -0.3 is 5.84 Å². The van der Waals surface area contributed by atoms with Crippen molar-refractivity contribution in [2.45, 2.75) is 26.2 Å². The molecule has 0 aromatic carbocycles. The summed E-state index contributed by atoms with van der Waals surface area (Å²) in [5.41, 5.74) is 1.23. The van der Waals surface area contributed by atoms with Gasteiger partial charge in [0.05, 0.1) is 12.4 Å². The number of aromatic nitrogens is 2. The molecule has 1 aromatic heterocycles. The van der Waals surface area contributed by atoms with Gasteiger partial charge in [-0.2, -0.15) is 9.89 Å². The van der Waals surface area contributed by atoms with E-state index in [-0.39, 0.29) is 0 Å². The maximum Gasteiger partial charge on any atom is 0.0542 e. The van der Waals surface area contributed by atoms with E-state index in [9.17, 15) is 0 Å². The van der Waals surface area contributed by atoms with Crippen molar-refractivity contribution in [1.29, 1.82) is 0 Å². The first-order valence-electron chi connectivity index (χ1n) is 3.61. The summed E-state index contributed by atoms with van der Waals surface area (Å²) in [5, 5.41) is 3.86. The number of rotatable bonds is 3. The molecular formula is C7H13N3. The fraction of sp³-hybridized carbons (Fsp3) is 0.571. The Hall–Kier alpha value is -0.990. The van der Waals surface area contributed by atoms with Crippen molar-refractivity contribution < 1.29 is 0 Å². The molecule has 1 aromatic rings. The predicted molar refractivity (Wildman–Crippen MR) is 41.0 cm³/mol. The Morgan fingerprint density at radius 2 is 2.50 bits per heavy atom. The summed E-state index contributed by atoms with van der Waals surface area (Å²) in [7, 11) is 0. The summed E-state index contributed by atoms with van der Waals surface area (Å²) in [6.07, 6.45) is 7.19. The van der Waals surface area contributed by atoms with Crippen LogP contribution in [0.4, 0.5) is 0 Å². The summed E-state index contributed by atoms with van der Waals surface area (Å²) in [4.78, 5) is 1.35. The molecular weight excluding hydrogens is 126 g/mol. The molecule has 1 rings (SSSR count). The first-order chi connectivity index (χ1) is 4.83. The largest absolute Gasteiger partial charge is 0.323 e. The topological polar surface area (TPSA) is 43.8 Å². The Morgan fingerprint density at radius 1 is 1.70 bits per heavy atom. The van der Waals surface area contributed by atoms with Crippen LogP contribution in [-0.4, -0.2) is 9.89 Å². The molecule has 0 spiro atoms. The lowest BCUT2D eigenvalue weighted by Crippen LogP contribution is -2.07. The van der Waals surface area contributed by atoms with Crippen LogP contribution in [0.15, 0.2) is 12.4 Å². The van der Waals surface area contributed by atoms with E-state index in [0.717, 1.165) is 6.42 Å². The van der Waals surface area contributed by atoms with Crippen molar-refractivity contribution in [1.82, 2.24) is 9.89 Å².